The monoisotopic (exact) mass is 277 g/mol. The third-order valence-electron chi connectivity index (χ3n) is 3.93. The lowest BCUT2D eigenvalue weighted by Gasteiger charge is -2.31. The number of hydrogen-bond acceptors (Lipinski definition) is 3. The maximum absolute atomic E-state index is 12.7. The van der Waals surface area contributed by atoms with Crippen molar-refractivity contribution < 1.29 is 14.6 Å². The van der Waals surface area contributed by atoms with Gasteiger partial charge in [0.05, 0.1) is 12.6 Å². The maximum atomic E-state index is 12.7. The SMILES string of the molecule is COC(C(=O)N1CCCCCC1CO)c1ccccc1. The van der Waals surface area contributed by atoms with Crippen molar-refractivity contribution in [3.05, 3.63) is 35.9 Å². The van der Waals surface area contributed by atoms with Gasteiger partial charge in [0.2, 0.25) is 0 Å². The Morgan fingerprint density at radius 1 is 1.35 bits per heavy atom. The summed E-state index contributed by atoms with van der Waals surface area (Å²) >= 11 is 0. The van der Waals surface area contributed by atoms with Crippen molar-refractivity contribution in [2.24, 2.45) is 0 Å². The Labute approximate surface area is 120 Å². The quantitative estimate of drug-likeness (QED) is 0.917. The number of carbonyl (C=O) groups is 1. The lowest BCUT2D eigenvalue weighted by atomic mass is 10.1. The van der Waals surface area contributed by atoms with Crippen LogP contribution in [0.1, 0.15) is 37.4 Å². The molecule has 1 amide bonds. The molecule has 1 heterocycles. The van der Waals surface area contributed by atoms with Crippen LogP contribution in [0.3, 0.4) is 0 Å². The molecule has 1 saturated heterocycles. The number of aliphatic hydroxyl groups is 1. The number of carbonyl (C=O) groups excluding carboxylic acids is 1. The van der Waals surface area contributed by atoms with E-state index in [-0.39, 0.29) is 18.6 Å². The Morgan fingerprint density at radius 2 is 2.10 bits per heavy atom. The van der Waals surface area contributed by atoms with Gasteiger partial charge in [0.1, 0.15) is 0 Å². The zero-order valence-electron chi connectivity index (χ0n) is 12.0. The second-order valence-corrected chi connectivity index (χ2v) is 5.24. The lowest BCUT2D eigenvalue weighted by Crippen LogP contribution is -2.44. The molecule has 0 spiro atoms. The first-order chi connectivity index (χ1) is 9.77. The van der Waals surface area contributed by atoms with Crippen LogP contribution < -0.4 is 0 Å². The Kier molecular flexibility index (Phi) is 5.56. The van der Waals surface area contributed by atoms with Crippen LogP contribution in [0.15, 0.2) is 30.3 Å². The molecule has 4 heteroatoms. The second kappa shape index (κ2) is 7.41. The number of hydrogen-bond donors (Lipinski definition) is 1. The van der Waals surface area contributed by atoms with Crippen molar-refractivity contribution in [3.8, 4) is 0 Å². The minimum absolute atomic E-state index is 0.0248. The van der Waals surface area contributed by atoms with Crippen molar-refractivity contribution in [2.45, 2.75) is 37.8 Å². The Hall–Kier alpha value is -1.39. The van der Waals surface area contributed by atoms with Crippen LogP contribution in [0.25, 0.3) is 0 Å². The highest BCUT2D eigenvalue weighted by molar-refractivity contribution is 5.82. The molecule has 1 N–H and O–H groups in total. The number of likely N-dealkylation sites (tertiary alicyclic amines) is 1. The molecule has 4 nitrogen and oxygen atoms in total. The fraction of sp³-hybridized carbons (Fsp3) is 0.562. The average molecular weight is 277 g/mol. The normalized spacial score (nSPS) is 21.3. The Bertz CT molecular complexity index is 421. The highest BCUT2D eigenvalue weighted by Gasteiger charge is 2.31. The van der Waals surface area contributed by atoms with Gasteiger partial charge in [-0.2, -0.15) is 0 Å². The highest BCUT2D eigenvalue weighted by Crippen LogP contribution is 2.24. The number of amides is 1. The van der Waals surface area contributed by atoms with Gasteiger partial charge in [0.25, 0.3) is 5.91 Å². The van der Waals surface area contributed by atoms with Crippen LogP contribution in [-0.2, 0) is 9.53 Å². The number of ether oxygens (including phenoxy) is 1. The molecule has 1 aliphatic rings. The van der Waals surface area contributed by atoms with E-state index >= 15 is 0 Å². The minimum atomic E-state index is -0.580. The standard InChI is InChI=1S/C16H23NO3/c1-20-15(13-8-4-2-5-9-13)16(19)17-11-7-3-6-10-14(17)12-18/h2,4-5,8-9,14-15,18H,3,6-7,10-12H2,1H3. The predicted molar refractivity (Wildman–Crippen MR) is 77.2 cm³/mol. The van der Waals surface area contributed by atoms with Gasteiger partial charge in [-0.25, -0.2) is 0 Å². The van der Waals surface area contributed by atoms with Crippen molar-refractivity contribution in [1.29, 1.82) is 0 Å². The number of rotatable bonds is 4. The van der Waals surface area contributed by atoms with Crippen LogP contribution in [0.2, 0.25) is 0 Å². The molecule has 0 bridgehead atoms. The molecule has 0 aromatic heterocycles. The minimum Gasteiger partial charge on any atom is -0.394 e. The molecule has 110 valence electrons. The van der Waals surface area contributed by atoms with Crippen LogP contribution >= 0.6 is 0 Å². The van der Waals surface area contributed by atoms with Crippen LogP contribution in [0.4, 0.5) is 0 Å². The first-order valence-corrected chi connectivity index (χ1v) is 7.27. The Balaban J connectivity index is 2.18. The maximum Gasteiger partial charge on any atom is 0.256 e. The van der Waals surface area contributed by atoms with Crippen LogP contribution in [-0.4, -0.2) is 42.2 Å². The highest BCUT2D eigenvalue weighted by atomic mass is 16.5. The van der Waals surface area contributed by atoms with Gasteiger partial charge in [0.15, 0.2) is 6.10 Å². The van der Waals surface area contributed by atoms with E-state index in [4.69, 9.17) is 4.74 Å². The molecule has 1 aromatic rings. The molecule has 2 unspecified atom stereocenters. The van der Waals surface area contributed by atoms with E-state index < -0.39 is 6.10 Å². The van der Waals surface area contributed by atoms with Crippen molar-refractivity contribution in [1.82, 2.24) is 4.90 Å². The molecule has 2 atom stereocenters. The summed E-state index contributed by atoms with van der Waals surface area (Å²) in [6.45, 7) is 0.730. The van der Waals surface area contributed by atoms with E-state index in [0.717, 1.165) is 31.2 Å². The van der Waals surface area contributed by atoms with Crippen molar-refractivity contribution >= 4 is 5.91 Å². The lowest BCUT2D eigenvalue weighted by molar-refractivity contribution is -0.145. The molecule has 1 aromatic carbocycles. The largest absolute Gasteiger partial charge is 0.394 e. The summed E-state index contributed by atoms with van der Waals surface area (Å²) in [6.07, 6.45) is 3.46. The first kappa shape index (κ1) is 15.0. The molecule has 1 fully saturated rings. The number of methoxy groups -OCH3 is 1. The summed E-state index contributed by atoms with van der Waals surface area (Å²) in [6, 6.07) is 9.45. The molecule has 0 radical (unpaired) electrons. The summed E-state index contributed by atoms with van der Waals surface area (Å²) < 4.78 is 5.41. The van der Waals surface area contributed by atoms with Crippen LogP contribution in [0, 0.1) is 0 Å². The third-order valence-corrected chi connectivity index (χ3v) is 3.93. The number of nitrogens with zero attached hydrogens (tertiary/aromatic N) is 1. The van der Waals surface area contributed by atoms with Gasteiger partial charge in [0, 0.05) is 13.7 Å². The van der Waals surface area contributed by atoms with Crippen molar-refractivity contribution in [3.63, 3.8) is 0 Å². The molecule has 2 rings (SSSR count). The van der Waals surface area contributed by atoms with Gasteiger partial charge < -0.3 is 14.7 Å². The van der Waals surface area contributed by atoms with E-state index in [1.807, 2.05) is 30.3 Å². The predicted octanol–water partition coefficient (Wildman–Crippen LogP) is 2.14. The molecule has 1 aliphatic heterocycles. The average Bonchev–Trinajstić information content (AvgIpc) is 2.74. The van der Waals surface area contributed by atoms with Gasteiger partial charge in [-0.1, -0.05) is 43.2 Å². The Morgan fingerprint density at radius 3 is 2.75 bits per heavy atom. The third kappa shape index (κ3) is 3.38. The fourth-order valence-electron chi connectivity index (χ4n) is 2.82. The summed E-state index contributed by atoms with van der Waals surface area (Å²) in [4.78, 5) is 14.5. The summed E-state index contributed by atoms with van der Waals surface area (Å²) in [5, 5.41) is 9.53. The van der Waals surface area contributed by atoms with E-state index in [2.05, 4.69) is 0 Å². The molecular formula is C16H23NO3. The van der Waals surface area contributed by atoms with Crippen LogP contribution in [0.5, 0.6) is 0 Å². The van der Waals surface area contributed by atoms with Crippen molar-refractivity contribution in [2.75, 3.05) is 20.3 Å². The van der Waals surface area contributed by atoms with E-state index in [9.17, 15) is 9.90 Å². The summed E-state index contributed by atoms with van der Waals surface area (Å²) in [5.41, 5.74) is 0.862. The number of benzene rings is 1. The zero-order chi connectivity index (χ0) is 14.4. The van der Waals surface area contributed by atoms with Gasteiger partial charge in [-0.15, -0.1) is 0 Å². The van der Waals surface area contributed by atoms with Gasteiger partial charge >= 0.3 is 0 Å². The molecule has 0 aliphatic carbocycles. The van der Waals surface area contributed by atoms with E-state index in [1.54, 1.807) is 12.0 Å². The van der Waals surface area contributed by atoms with Gasteiger partial charge in [-0.3, -0.25) is 4.79 Å². The zero-order valence-corrected chi connectivity index (χ0v) is 12.0. The molecular weight excluding hydrogens is 254 g/mol. The van der Waals surface area contributed by atoms with E-state index in [1.165, 1.54) is 0 Å². The second-order valence-electron chi connectivity index (χ2n) is 5.24. The molecule has 0 saturated carbocycles. The molecule has 20 heavy (non-hydrogen) atoms. The first-order valence-electron chi connectivity index (χ1n) is 7.27. The number of aliphatic hydroxyl groups excluding tert-OH is 1. The topological polar surface area (TPSA) is 49.8 Å². The summed E-state index contributed by atoms with van der Waals surface area (Å²) in [5.74, 6) is -0.0420. The summed E-state index contributed by atoms with van der Waals surface area (Å²) in [7, 11) is 1.56. The fourth-order valence-corrected chi connectivity index (χ4v) is 2.82. The smallest absolute Gasteiger partial charge is 0.256 e. The van der Waals surface area contributed by atoms with E-state index in [0.29, 0.717) is 6.54 Å². The van der Waals surface area contributed by atoms with Gasteiger partial charge in [-0.05, 0) is 18.4 Å².